The quantitative estimate of drug-likeness (QED) is 0.304. The second kappa shape index (κ2) is 9.21. The minimum Gasteiger partial charge on any atom is -0.351 e. The second-order valence-electron chi connectivity index (χ2n) is 10.2. The fourth-order valence-electron chi connectivity index (χ4n) is 5.78. The van der Waals surface area contributed by atoms with Gasteiger partial charge in [0.05, 0.1) is 23.5 Å². The van der Waals surface area contributed by atoms with Crippen LogP contribution in [0.1, 0.15) is 62.5 Å². The van der Waals surface area contributed by atoms with Gasteiger partial charge in [-0.2, -0.15) is 0 Å². The van der Waals surface area contributed by atoms with Crippen LogP contribution in [0.3, 0.4) is 0 Å². The van der Waals surface area contributed by atoms with Gasteiger partial charge in [-0.3, -0.25) is 4.98 Å². The highest BCUT2D eigenvalue weighted by Crippen LogP contribution is 2.44. The highest BCUT2D eigenvalue weighted by atomic mass is 32.1. The van der Waals surface area contributed by atoms with Crippen molar-refractivity contribution in [3.63, 3.8) is 0 Å². The fraction of sp³-hybridized carbons (Fsp3) is 0.290. The Morgan fingerprint density at radius 3 is 2.17 bits per heavy atom. The molecule has 3 heterocycles. The van der Waals surface area contributed by atoms with E-state index in [9.17, 15) is 0 Å². The van der Waals surface area contributed by atoms with Crippen LogP contribution < -0.4 is 10.2 Å². The largest absolute Gasteiger partial charge is 0.351 e. The summed E-state index contributed by atoms with van der Waals surface area (Å²) in [7, 11) is 0. The molecule has 0 spiro atoms. The van der Waals surface area contributed by atoms with Gasteiger partial charge in [-0.05, 0) is 119 Å². The Balaban J connectivity index is 1.72. The van der Waals surface area contributed by atoms with Gasteiger partial charge in [0.15, 0.2) is 5.11 Å². The molecule has 0 amide bonds. The number of benzene rings is 2. The van der Waals surface area contributed by atoms with Crippen molar-refractivity contribution in [1.82, 2.24) is 14.9 Å². The molecular formula is C31H34N4S. The van der Waals surface area contributed by atoms with Gasteiger partial charge in [0, 0.05) is 23.3 Å². The van der Waals surface area contributed by atoms with Crippen LogP contribution in [0.4, 0.5) is 5.69 Å². The summed E-state index contributed by atoms with van der Waals surface area (Å²) in [5, 5.41) is 4.34. The molecule has 1 fully saturated rings. The maximum atomic E-state index is 5.97. The highest BCUT2D eigenvalue weighted by molar-refractivity contribution is 7.80. The summed E-state index contributed by atoms with van der Waals surface area (Å²) >= 11 is 5.97. The average molecular weight is 495 g/mol. The molecule has 5 rings (SSSR count). The number of hydrogen-bond acceptors (Lipinski definition) is 2. The molecule has 1 N–H and O–H groups in total. The van der Waals surface area contributed by atoms with Crippen molar-refractivity contribution in [3.8, 4) is 5.69 Å². The van der Waals surface area contributed by atoms with Gasteiger partial charge in [-0.1, -0.05) is 29.8 Å². The molecule has 1 saturated heterocycles. The molecule has 0 bridgehead atoms. The van der Waals surface area contributed by atoms with Crippen LogP contribution in [0.2, 0.25) is 0 Å². The second-order valence-corrected chi connectivity index (χ2v) is 10.6. The van der Waals surface area contributed by atoms with Gasteiger partial charge in [-0.25, -0.2) is 0 Å². The minimum absolute atomic E-state index is 0.0273. The summed E-state index contributed by atoms with van der Waals surface area (Å²) in [5.74, 6) is 0. The van der Waals surface area contributed by atoms with Crippen LogP contribution in [-0.4, -0.2) is 14.7 Å². The Bertz CT molecular complexity index is 1440. The number of aryl methyl sites for hydroxylation is 6. The first-order valence-corrected chi connectivity index (χ1v) is 12.9. The van der Waals surface area contributed by atoms with Gasteiger partial charge in [0.25, 0.3) is 0 Å². The normalized spacial score (nSPS) is 17.5. The predicted molar refractivity (Wildman–Crippen MR) is 153 cm³/mol. The molecule has 1 aliphatic heterocycles. The van der Waals surface area contributed by atoms with Crippen molar-refractivity contribution in [2.24, 2.45) is 0 Å². The molecule has 0 radical (unpaired) electrons. The number of pyridine rings is 1. The maximum Gasteiger partial charge on any atom is 0.174 e. The van der Waals surface area contributed by atoms with Crippen molar-refractivity contribution in [1.29, 1.82) is 0 Å². The van der Waals surface area contributed by atoms with Crippen LogP contribution in [-0.2, 0) is 0 Å². The molecule has 2 atom stereocenters. The highest BCUT2D eigenvalue weighted by Gasteiger charge is 2.42. The molecule has 184 valence electrons. The van der Waals surface area contributed by atoms with E-state index >= 15 is 0 Å². The lowest BCUT2D eigenvalue weighted by molar-refractivity contribution is 0.565. The fourth-order valence-corrected chi connectivity index (χ4v) is 6.13. The summed E-state index contributed by atoms with van der Waals surface area (Å²) in [6.07, 6.45) is 1.86. The topological polar surface area (TPSA) is 33.1 Å². The van der Waals surface area contributed by atoms with E-state index in [4.69, 9.17) is 17.2 Å². The Kier molecular flexibility index (Phi) is 6.21. The number of hydrogen-bond donors (Lipinski definition) is 1. The van der Waals surface area contributed by atoms with E-state index in [2.05, 4.69) is 106 Å². The number of anilines is 1. The third-order valence-electron chi connectivity index (χ3n) is 7.51. The smallest absolute Gasteiger partial charge is 0.174 e. The Morgan fingerprint density at radius 2 is 1.53 bits per heavy atom. The first-order valence-electron chi connectivity index (χ1n) is 12.5. The van der Waals surface area contributed by atoms with Crippen LogP contribution in [0.15, 0.2) is 60.8 Å². The molecule has 36 heavy (non-hydrogen) atoms. The van der Waals surface area contributed by atoms with E-state index in [0.717, 1.165) is 16.5 Å². The first kappa shape index (κ1) is 24.3. The summed E-state index contributed by atoms with van der Waals surface area (Å²) in [6.45, 7) is 15.3. The molecule has 1 aliphatic rings. The third-order valence-corrected chi connectivity index (χ3v) is 7.83. The van der Waals surface area contributed by atoms with Gasteiger partial charge < -0.3 is 14.8 Å². The van der Waals surface area contributed by atoms with Gasteiger partial charge in [0.2, 0.25) is 0 Å². The molecule has 0 saturated carbocycles. The summed E-state index contributed by atoms with van der Waals surface area (Å²) in [5.41, 5.74) is 13.5. The zero-order valence-corrected chi connectivity index (χ0v) is 23.0. The monoisotopic (exact) mass is 494 g/mol. The molecule has 4 nitrogen and oxygen atoms in total. The van der Waals surface area contributed by atoms with E-state index in [1.165, 1.54) is 50.5 Å². The van der Waals surface area contributed by atoms with Gasteiger partial charge in [-0.15, -0.1) is 0 Å². The molecule has 0 unspecified atom stereocenters. The summed E-state index contributed by atoms with van der Waals surface area (Å²) in [6, 6.07) is 19.5. The number of thiocarbonyl (C=S) groups is 1. The molecular weight excluding hydrogens is 460 g/mol. The summed E-state index contributed by atoms with van der Waals surface area (Å²) < 4.78 is 2.41. The Labute approximate surface area is 220 Å². The lowest BCUT2D eigenvalue weighted by Gasteiger charge is -2.29. The van der Waals surface area contributed by atoms with Gasteiger partial charge in [0.1, 0.15) is 0 Å². The molecule has 5 heteroatoms. The van der Waals surface area contributed by atoms with E-state index in [1.807, 2.05) is 18.3 Å². The zero-order valence-electron chi connectivity index (χ0n) is 22.2. The van der Waals surface area contributed by atoms with Gasteiger partial charge >= 0.3 is 0 Å². The average Bonchev–Trinajstić information content (AvgIpc) is 3.32. The molecule has 4 aromatic rings. The predicted octanol–water partition coefficient (Wildman–Crippen LogP) is 7.21. The van der Waals surface area contributed by atoms with E-state index in [0.29, 0.717) is 0 Å². The number of aromatic nitrogens is 2. The van der Waals surface area contributed by atoms with E-state index in [-0.39, 0.29) is 12.1 Å². The van der Waals surface area contributed by atoms with Crippen molar-refractivity contribution in [3.05, 3.63) is 111 Å². The van der Waals surface area contributed by atoms with Crippen molar-refractivity contribution < 1.29 is 0 Å². The number of nitrogens with one attached hydrogen (secondary N) is 1. The Morgan fingerprint density at radius 1 is 0.806 bits per heavy atom. The standard InChI is InChI=1S/C31H34N4S/c1-18-14-21(4)29(22(5)15-18)34-23(6)17-26(24(34)7)30-28(27-10-8-9-13-32-27)33-31(36)35(30)25-12-11-19(2)20(3)16-25/h8-17,28,30H,1-7H3,(H,33,36)/t28-,30-/m1/s1. The van der Waals surface area contributed by atoms with E-state index in [1.54, 1.807) is 0 Å². The SMILES string of the molecule is Cc1cc(C)c(-n2c(C)cc([C@@H]3[C@@H](c4ccccn4)NC(=S)N3c3ccc(C)c(C)c3)c2C)c(C)c1. The lowest BCUT2D eigenvalue weighted by atomic mass is 9.96. The van der Waals surface area contributed by atoms with E-state index < -0.39 is 0 Å². The molecule has 0 aliphatic carbocycles. The van der Waals surface area contributed by atoms with Crippen molar-refractivity contribution in [2.75, 3.05) is 4.90 Å². The maximum absolute atomic E-state index is 5.97. The lowest BCUT2D eigenvalue weighted by Crippen LogP contribution is -2.29. The van der Waals surface area contributed by atoms with Crippen molar-refractivity contribution in [2.45, 2.75) is 60.5 Å². The van der Waals surface area contributed by atoms with Crippen LogP contribution in [0, 0.1) is 48.5 Å². The summed E-state index contributed by atoms with van der Waals surface area (Å²) in [4.78, 5) is 7.01. The number of nitrogens with zero attached hydrogens (tertiary/aromatic N) is 3. The van der Waals surface area contributed by atoms with Crippen LogP contribution in [0.25, 0.3) is 5.69 Å². The first-order chi connectivity index (χ1) is 17.2. The molecule has 2 aromatic carbocycles. The third kappa shape index (κ3) is 4.01. The number of rotatable bonds is 4. The molecule has 2 aromatic heterocycles. The minimum atomic E-state index is -0.0607. The Hall–Kier alpha value is -3.44. The zero-order chi connectivity index (χ0) is 25.7. The van der Waals surface area contributed by atoms with Crippen molar-refractivity contribution >= 4 is 23.0 Å². The van der Waals surface area contributed by atoms with Crippen LogP contribution in [0.5, 0.6) is 0 Å². The van der Waals surface area contributed by atoms with Crippen LogP contribution >= 0.6 is 12.2 Å².